The van der Waals surface area contributed by atoms with Crippen molar-refractivity contribution in [2.24, 2.45) is 5.73 Å². The second-order valence-corrected chi connectivity index (χ2v) is 3.39. The van der Waals surface area contributed by atoms with E-state index in [0.717, 1.165) is 10.9 Å². The Morgan fingerprint density at radius 2 is 2.11 bits per heavy atom. The summed E-state index contributed by atoms with van der Waals surface area (Å²) in [5.74, 6) is -1.27. The molecule has 5 nitrogen and oxygen atoms in total. The fourth-order valence-electron chi connectivity index (χ4n) is 1.48. The number of primary amides is 1. The summed E-state index contributed by atoms with van der Waals surface area (Å²) in [6.45, 7) is 0. The Bertz CT molecular complexity index is 591. The first-order chi connectivity index (χ1) is 8.41. The van der Waals surface area contributed by atoms with Crippen molar-refractivity contribution in [2.75, 3.05) is 0 Å². The van der Waals surface area contributed by atoms with Crippen LogP contribution in [0.25, 0.3) is 5.82 Å². The number of alkyl halides is 3. The molecule has 1 amide bonds. The second-order valence-electron chi connectivity index (χ2n) is 3.39. The van der Waals surface area contributed by atoms with Gasteiger partial charge in [-0.2, -0.15) is 13.2 Å². The lowest BCUT2D eigenvalue weighted by molar-refractivity contribution is -0.138. The van der Waals surface area contributed by atoms with E-state index in [0.29, 0.717) is 6.20 Å². The highest BCUT2D eigenvalue weighted by Gasteiger charge is 2.35. The third kappa shape index (κ3) is 2.04. The standard InChI is InChI=1S/C10H7F3N4O/c11-10(12,13)6-4-15-5-16-9(6)17-3-1-2-7(17)8(14)18/h1-5H,(H2,14,18). The fourth-order valence-corrected chi connectivity index (χ4v) is 1.48. The number of aromatic nitrogens is 3. The van der Waals surface area contributed by atoms with Gasteiger partial charge in [0.1, 0.15) is 17.6 Å². The number of amides is 1. The van der Waals surface area contributed by atoms with Crippen molar-refractivity contribution in [2.45, 2.75) is 6.18 Å². The van der Waals surface area contributed by atoms with Gasteiger partial charge in [-0.3, -0.25) is 9.36 Å². The molecule has 0 saturated carbocycles. The van der Waals surface area contributed by atoms with Crippen molar-refractivity contribution in [3.8, 4) is 5.82 Å². The molecule has 0 saturated heterocycles. The van der Waals surface area contributed by atoms with Gasteiger partial charge in [-0.05, 0) is 12.1 Å². The highest BCUT2D eigenvalue weighted by atomic mass is 19.4. The number of rotatable bonds is 2. The van der Waals surface area contributed by atoms with E-state index in [1.807, 2.05) is 0 Å². The van der Waals surface area contributed by atoms with Crippen LogP contribution in [0.4, 0.5) is 13.2 Å². The van der Waals surface area contributed by atoms with Crippen molar-refractivity contribution in [3.63, 3.8) is 0 Å². The molecule has 0 spiro atoms. The Morgan fingerprint density at radius 1 is 1.39 bits per heavy atom. The van der Waals surface area contributed by atoms with Gasteiger partial charge in [0.15, 0.2) is 5.82 Å². The average molecular weight is 256 g/mol. The van der Waals surface area contributed by atoms with Crippen LogP contribution in [0, 0.1) is 0 Å². The molecule has 0 radical (unpaired) electrons. The zero-order chi connectivity index (χ0) is 13.3. The van der Waals surface area contributed by atoms with Gasteiger partial charge in [-0.25, -0.2) is 9.97 Å². The largest absolute Gasteiger partial charge is 0.421 e. The first-order valence-electron chi connectivity index (χ1n) is 4.76. The lowest BCUT2D eigenvalue weighted by Crippen LogP contribution is -2.19. The molecule has 18 heavy (non-hydrogen) atoms. The monoisotopic (exact) mass is 256 g/mol. The summed E-state index contributed by atoms with van der Waals surface area (Å²) in [5.41, 5.74) is 3.95. The van der Waals surface area contributed by atoms with Crippen molar-refractivity contribution in [3.05, 3.63) is 42.1 Å². The van der Waals surface area contributed by atoms with Crippen LogP contribution in [-0.4, -0.2) is 20.4 Å². The van der Waals surface area contributed by atoms with Crippen LogP contribution in [0.15, 0.2) is 30.9 Å². The van der Waals surface area contributed by atoms with Crippen molar-refractivity contribution < 1.29 is 18.0 Å². The molecule has 0 fully saturated rings. The third-order valence-corrected chi connectivity index (χ3v) is 2.23. The molecule has 2 aromatic rings. The van der Waals surface area contributed by atoms with E-state index >= 15 is 0 Å². The molecular formula is C10H7F3N4O. The van der Waals surface area contributed by atoms with E-state index in [-0.39, 0.29) is 5.69 Å². The molecule has 2 rings (SSSR count). The SMILES string of the molecule is NC(=O)c1cccn1-c1ncncc1C(F)(F)F. The Morgan fingerprint density at radius 3 is 2.72 bits per heavy atom. The molecular weight excluding hydrogens is 249 g/mol. The summed E-state index contributed by atoms with van der Waals surface area (Å²) in [6.07, 6.45) is -1.73. The summed E-state index contributed by atoms with van der Waals surface area (Å²) in [7, 11) is 0. The summed E-state index contributed by atoms with van der Waals surface area (Å²) in [5, 5.41) is 0. The number of halogens is 3. The van der Waals surface area contributed by atoms with Gasteiger partial charge < -0.3 is 5.73 Å². The summed E-state index contributed by atoms with van der Waals surface area (Å²) in [4.78, 5) is 18.0. The minimum Gasteiger partial charge on any atom is -0.364 e. The molecule has 0 atom stereocenters. The highest BCUT2D eigenvalue weighted by Crippen LogP contribution is 2.32. The maximum atomic E-state index is 12.8. The molecule has 2 N–H and O–H groups in total. The van der Waals surface area contributed by atoms with Gasteiger partial charge >= 0.3 is 6.18 Å². The summed E-state index contributed by atoms with van der Waals surface area (Å²) < 4.78 is 39.3. The van der Waals surface area contributed by atoms with E-state index in [4.69, 9.17) is 5.73 Å². The van der Waals surface area contributed by atoms with Gasteiger partial charge in [-0.1, -0.05) is 0 Å². The first kappa shape index (κ1) is 12.1. The zero-order valence-corrected chi connectivity index (χ0v) is 8.85. The first-order valence-corrected chi connectivity index (χ1v) is 4.76. The lowest BCUT2D eigenvalue weighted by Gasteiger charge is -2.12. The van der Waals surface area contributed by atoms with Crippen LogP contribution in [-0.2, 0) is 6.18 Å². The Kier molecular flexibility index (Phi) is 2.77. The van der Waals surface area contributed by atoms with Crippen LogP contribution in [0.1, 0.15) is 16.1 Å². The number of carbonyl (C=O) groups excluding carboxylic acids is 1. The van der Waals surface area contributed by atoms with Gasteiger partial charge in [0.05, 0.1) is 0 Å². The fraction of sp³-hybridized carbons (Fsp3) is 0.100. The minimum atomic E-state index is -4.62. The maximum absolute atomic E-state index is 12.8. The Balaban J connectivity index is 2.65. The molecule has 0 aliphatic heterocycles. The van der Waals surface area contributed by atoms with E-state index in [1.165, 1.54) is 18.3 Å². The lowest BCUT2D eigenvalue weighted by atomic mass is 10.3. The molecule has 2 heterocycles. The van der Waals surface area contributed by atoms with Gasteiger partial charge in [0.25, 0.3) is 5.91 Å². The van der Waals surface area contributed by atoms with Gasteiger partial charge in [-0.15, -0.1) is 0 Å². The van der Waals surface area contributed by atoms with E-state index < -0.39 is 23.5 Å². The van der Waals surface area contributed by atoms with E-state index in [1.54, 1.807) is 0 Å². The molecule has 94 valence electrons. The zero-order valence-electron chi connectivity index (χ0n) is 8.85. The second kappa shape index (κ2) is 4.13. The maximum Gasteiger partial charge on any atom is 0.421 e. The van der Waals surface area contributed by atoms with Crippen molar-refractivity contribution >= 4 is 5.91 Å². The van der Waals surface area contributed by atoms with Gasteiger partial charge in [0, 0.05) is 12.4 Å². The quantitative estimate of drug-likeness (QED) is 0.882. The average Bonchev–Trinajstić information content (AvgIpc) is 2.76. The number of nitrogens with two attached hydrogens (primary N) is 1. The molecule has 0 aliphatic carbocycles. The van der Waals surface area contributed by atoms with Crippen LogP contribution < -0.4 is 5.73 Å². The summed E-state index contributed by atoms with van der Waals surface area (Å²) in [6, 6.07) is 2.72. The smallest absolute Gasteiger partial charge is 0.364 e. The molecule has 2 aromatic heterocycles. The van der Waals surface area contributed by atoms with Gasteiger partial charge in [0.2, 0.25) is 0 Å². The number of hydrogen-bond donors (Lipinski definition) is 1. The van der Waals surface area contributed by atoms with Crippen molar-refractivity contribution in [1.82, 2.24) is 14.5 Å². The van der Waals surface area contributed by atoms with Crippen LogP contribution in [0.5, 0.6) is 0 Å². The normalized spacial score (nSPS) is 11.5. The number of carbonyl (C=O) groups is 1. The molecule has 0 bridgehead atoms. The third-order valence-electron chi connectivity index (χ3n) is 2.23. The Labute approximate surface area is 99.1 Å². The molecule has 0 aliphatic rings. The van der Waals surface area contributed by atoms with E-state index in [2.05, 4.69) is 9.97 Å². The van der Waals surface area contributed by atoms with Crippen LogP contribution in [0.3, 0.4) is 0 Å². The van der Waals surface area contributed by atoms with Crippen molar-refractivity contribution in [1.29, 1.82) is 0 Å². The minimum absolute atomic E-state index is 0.0841. The number of nitrogens with zero attached hydrogens (tertiary/aromatic N) is 3. The number of hydrogen-bond acceptors (Lipinski definition) is 3. The summed E-state index contributed by atoms with van der Waals surface area (Å²) >= 11 is 0. The predicted octanol–water partition coefficient (Wildman–Crippen LogP) is 1.39. The molecule has 0 unspecified atom stereocenters. The Hall–Kier alpha value is -2.38. The highest BCUT2D eigenvalue weighted by molar-refractivity contribution is 5.91. The topological polar surface area (TPSA) is 73.8 Å². The molecule has 8 heteroatoms. The van der Waals surface area contributed by atoms with E-state index in [9.17, 15) is 18.0 Å². The predicted molar refractivity (Wildman–Crippen MR) is 54.9 cm³/mol. The van der Waals surface area contributed by atoms with Crippen LogP contribution >= 0.6 is 0 Å². The molecule has 0 aromatic carbocycles. The van der Waals surface area contributed by atoms with Crippen LogP contribution in [0.2, 0.25) is 0 Å².